The first-order valence-electron chi connectivity index (χ1n) is 11.6. The second-order valence-corrected chi connectivity index (χ2v) is 9.00. The standard InChI is InChI=1S/C24H33N3O5/c1-31-21-4-2-20(3-5-21)27-16-19(14-22(27)28)24(30)26-10-6-18(7-11-26)23(29)25-15-17-8-12-32-13-9-17/h2-5,17-19H,6-16H2,1H3,(H,25,29)/t19-/m0/s1. The van der Waals surface area contributed by atoms with Crippen molar-refractivity contribution in [3.8, 4) is 5.75 Å². The third-order valence-electron chi connectivity index (χ3n) is 6.94. The number of rotatable bonds is 6. The topological polar surface area (TPSA) is 88.2 Å². The molecule has 0 aliphatic carbocycles. The molecule has 0 spiro atoms. The fourth-order valence-corrected chi connectivity index (χ4v) is 4.84. The van der Waals surface area contributed by atoms with Crippen LogP contribution in [0.25, 0.3) is 0 Å². The molecule has 3 aliphatic rings. The van der Waals surface area contributed by atoms with Crippen LogP contribution in [0.15, 0.2) is 24.3 Å². The number of hydrogen-bond donors (Lipinski definition) is 1. The van der Waals surface area contributed by atoms with Gasteiger partial charge in [-0.1, -0.05) is 0 Å². The van der Waals surface area contributed by atoms with Gasteiger partial charge >= 0.3 is 0 Å². The second kappa shape index (κ2) is 10.3. The predicted molar refractivity (Wildman–Crippen MR) is 119 cm³/mol. The number of anilines is 1. The van der Waals surface area contributed by atoms with Crippen LogP contribution in [0.1, 0.15) is 32.1 Å². The minimum Gasteiger partial charge on any atom is -0.497 e. The number of carbonyl (C=O) groups is 3. The lowest BCUT2D eigenvalue weighted by Gasteiger charge is -2.33. The van der Waals surface area contributed by atoms with Gasteiger partial charge < -0.3 is 24.6 Å². The van der Waals surface area contributed by atoms with Crippen molar-refractivity contribution in [2.45, 2.75) is 32.1 Å². The van der Waals surface area contributed by atoms with Gasteiger partial charge in [0.25, 0.3) is 0 Å². The summed E-state index contributed by atoms with van der Waals surface area (Å²) in [7, 11) is 1.60. The summed E-state index contributed by atoms with van der Waals surface area (Å²) >= 11 is 0. The number of nitrogens with one attached hydrogen (secondary N) is 1. The van der Waals surface area contributed by atoms with Crippen LogP contribution in [0.4, 0.5) is 5.69 Å². The number of piperidine rings is 1. The van der Waals surface area contributed by atoms with Gasteiger partial charge in [-0.25, -0.2) is 0 Å². The Morgan fingerprint density at radius 3 is 2.41 bits per heavy atom. The highest BCUT2D eigenvalue weighted by molar-refractivity contribution is 6.00. The van der Waals surface area contributed by atoms with Gasteiger partial charge in [0.2, 0.25) is 17.7 Å². The number of methoxy groups -OCH3 is 1. The lowest BCUT2D eigenvalue weighted by Crippen LogP contribution is -2.46. The Morgan fingerprint density at radius 1 is 1.06 bits per heavy atom. The van der Waals surface area contributed by atoms with E-state index in [1.807, 2.05) is 29.2 Å². The molecule has 0 radical (unpaired) electrons. The van der Waals surface area contributed by atoms with E-state index >= 15 is 0 Å². The van der Waals surface area contributed by atoms with Crippen molar-refractivity contribution in [1.82, 2.24) is 10.2 Å². The van der Waals surface area contributed by atoms with E-state index in [1.54, 1.807) is 12.0 Å². The largest absolute Gasteiger partial charge is 0.497 e. The molecule has 3 heterocycles. The van der Waals surface area contributed by atoms with Gasteiger partial charge in [0.1, 0.15) is 5.75 Å². The van der Waals surface area contributed by atoms with Crippen LogP contribution in [-0.2, 0) is 19.1 Å². The maximum absolute atomic E-state index is 13.0. The summed E-state index contributed by atoms with van der Waals surface area (Å²) in [6.45, 7) is 3.81. The van der Waals surface area contributed by atoms with Crippen molar-refractivity contribution in [2.24, 2.45) is 17.8 Å². The summed E-state index contributed by atoms with van der Waals surface area (Å²) < 4.78 is 10.5. The van der Waals surface area contributed by atoms with Gasteiger partial charge in [-0.15, -0.1) is 0 Å². The molecule has 1 aromatic rings. The Morgan fingerprint density at radius 2 is 1.75 bits per heavy atom. The van der Waals surface area contributed by atoms with Gasteiger partial charge in [0.15, 0.2) is 0 Å². The lowest BCUT2D eigenvalue weighted by atomic mass is 9.94. The molecule has 8 nitrogen and oxygen atoms in total. The molecule has 3 amide bonds. The average molecular weight is 444 g/mol. The lowest BCUT2D eigenvalue weighted by molar-refractivity contribution is -0.139. The molecular weight excluding hydrogens is 410 g/mol. The van der Waals surface area contributed by atoms with Crippen molar-refractivity contribution in [1.29, 1.82) is 0 Å². The van der Waals surface area contributed by atoms with Crippen LogP contribution in [0.3, 0.4) is 0 Å². The molecule has 32 heavy (non-hydrogen) atoms. The number of amides is 3. The molecule has 174 valence electrons. The van der Waals surface area contributed by atoms with Gasteiger partial charge in [-0.2, -0.15) is 0 Å². The van der Waals surface area contributed by atoms with E-state index in [0.29, 0.717) is 44.9 Å². The zero-order valence-electron chi connectivity index (χ0n) is 18.8. The molecule has 4 rings (SSSR count). The van der Waals surface area contributed by atoms with E-state index in [2.05, 4.69) is 5.32 Å². The molecule has 1 atom stereocenters. The predicted octanol–water partition coefficient (Wildman–Crippen LogP) is 1.83. The molecule has 3 aliphatic heterocycles. The molecule has 0 unspecified atom stereocenters. The highest BCUT2D eigenvalue weighted by Gasteiger charge is 2.38. The maximum Gasteiger partial charge on any atom is 0.228 e. The Labute approximate surface area is 189 Å². The van der Waals surface area contributed by atoms with E-state index in [4.69, 9.17) is 9.47 Å². The highest BCUT2D eigenvalue weighted by Crippen LogP contribution is 2.29. The molecule has 0 saturated carbocycles. The van der Waals surface area contributed by atoms with Crippen molar-refractivity contribution in [3.63, 3.8) is 0 Å². The third-order valence-corrected chi connectivity index (χ3v) is 6.94. The first kappa shape index (κ1) is 22.6. The van der Waals surface area contributed by atoms with Gasteiger partial charge in [0.05, 0.1) is 13.0 Å². The Kier molecular flexibility index (Phi) is 7.29. The van der Waals surface area contributed by atoms with Gasteiger partial charge in [-0.05, 0) is 55.9 Å². The molecule has 0 aromatic heterocycles. The van der Waals surface area contributed by atoms with E-state index in [0.717, 1.165) is 37.5 Å². The zero-order chi connectivity index (χ0) is 22.5. The number of carbonyl (C=O) groups excluding carboxylic acids is 3. The van der Waals surface area contributed by atoms with Gasteiger partial charge in [0, 0.05) is 57.4 Å². The Hall–Kier alpha value is -2.61. The molecule has 1 N–H and O–H groups in total. The van der Waals surface area contributed by atoms with E-state index in [9.17, 15) is 14.4 Å². The summed E-state index contributed by atoms with van der Waals surface area (Å²) in [6.07, 6.45) is 3.58. The van der Waals surface area contributed by atoms with Crippen LogP contribution in [0.2, 0.25) is 0 Å². The summed E-state index contributed by atoms with van der Waals surface area (Å²) in [4.78, 5) is 41.6. The Balaban J connectivity index is 1.24. The minimum atomic E-state index is -0.330. The number of likely N-dealkylation sites (tertiary alicyclic amines) is 1. The fourth-order valence-electron chi connectivity index (χ4n) is 4.84. The first-order chi connectivity index (χ1) is 15.5. The molecule has 0 bridgehead atoms. The summed E-state index contributed by atoms with van der Waals surface area (Å²) in [5.74, 6) is 0.954. The monoisotopic (exact) mass is 443 g/mol. The normalized spacial score (nSPS) is 22.8. The van der Waals surface area contributed by atoms with Crippen molar-refractivity contribution >= 4 is 23.4 Å². The molecule has 3 saturated heterocycles. The van der Waals surface area contributed by atoms with Crippen molar-refractivity contribution in [2.75, 3.05) is 51.4 Å². The van der Waals surface area contributed by atoms with E-state index in [-0.39, 0.29) is 36.0 Å². The van der Waals surface area contributed by atoms with Crippen LogP contribution < -0.4 is 15.0 Å². The number of ether oxygens (including phenoxy) is 2. The van der Waals surface area contributed by atoms with Gasteiger partial charge in [-0.3, -0.25) is 14.4 Å². The maximum atomic E-state index is 13.0. The summed E-state index contributed by atoms with van der Waals surface area (Å²) in [5.41, 5.74) is 0.783. The molecule has 8 heteroatoms. The minimum absolute atomic E-state index is 0.0235. The molecule has 1 aromatic carbocycles. The summed E-state index contributed by atoms with van der Waals surface area (Å²) in [6, 6.07) is 7.31. The van der Waals surface area contributed by atoms with Crippen molar-refractivity contribution < 1.29 is 23.9 Å². The summed E-state index contributed by atoms with van der Waals surface area (Å²) in [5, 5.41) is 3.10. The average Bonchev–Trinajstić information content (AvgIpc) is 3.24. The quantitative estimate of drug-likeness (QED) is 0.725. The first-order valence-corrected chi connectivity index (χ1v) is 11.6. The molecular formula is C24H33N3O5. The molecule has 3 fully saturated rings. The number of hydrogen-bond acceptors (Lipinski definition) is 5. The number of benzene rings is 1. The smallest absolute Gasteiger partial charge is 0.228 e. The Bertz CT molecular complexity index is 813. The van der Waals surface area contributed by atoms with Crippen molar-refractivity contribution in [3.05, 3.63) is 24.3 Å². The van der Waals surface area contributed by atoms with Crippen LogP contribution in [0, 0.1) is 17.8 Å². The van der Waals surface area contributed by atoms with Crippen LogP contribution in [0.5, 0.6) is 5.75 Å². The van der Waals surface area contributed by atoms with E-state index < -0.39 is 0 Å². The fraction of sp³-hybridized carbons (Fsp3) is 0.625. The van der Waals surface area contributed by atoms with Crippen LogP contribution in [-0.4, -0.2) is 69.1 Å². The van der Waals surface area contributed by atoms with Crippen LogP contribution >= 0.6 is 0 Å². The number of nitrogens with zero attached hydrogens (tertiary/aromatic N) is 2. The zero-order valence-corrected chi connectivity index (χ0v) is 18.8. The SMILES string of the molecule is COc1ccc(N2C[C@@H](C(=O)N3CCC(C(=O)NCC4CCOCC4)CC3)CC2=O)cc1. The second-order valence-electron chi connectivity index (χ2n) is 9.00. The van der Waals surface area contributed by atoms with E-state index in [1.165, 1.54) is 0 Å². The highest BCUT2D eigenvalue weighted by atomic mass is 16.5. The third kappa shape index (κ3) is 5.23.